The zero-order valence-electron chi connectivity index (χ0n) is 31.4. The largest absolute Gasteiger partial charge is 0.233 e. The fourth-order valence-electron chi connectivity index (χ4n) is 7.35. The van der Waals surface area contributed by atoms with Gasteiger partial charge in [0.2, 0.25) is 0 Å². The van der Waals surface area contributed by atoms with Crippen molar-refractivity contribution < 1.29 is 0 Å². The summed E-state index contributed by atoms with van der Waals surface area (Å²) in [5, 5.41) is 19.6. The van der Waals surface area contributed by atoms with E-state index in [0.29, 0.717) is 34.4 Å². The molecule has 2 aromatic heterocycles. The lowest BCUT2D eigenvalue weighted by molar-refractivity contribution is 0.928. The van der Waals surface area contributed by atoms with Gasteiger partial charge in [-0.2, -0.15) is 10.5 Å². The van der Waals surface area contributed by atoms with Crippen LogP contribution in [0.2, 0.25) is 0 Å². The van der Waals surface area contributed by atoms with Crippen molar-refractivity contribution in [1.29, 1.82) is 10.5 Å². The predicted molar refractivity (Wildman–Crippen MR) is 222 cm³/mol. The van der Waals surface area contributed by atoms with Gasteiger partial charge in [-0.3, -0.25) is 0 Å². The maximum absolute atomic E-state index is 9.80. The van der Waals surface area contributed by atoms with Crippen molar-refractivity contribution in [2.45, 2.75) is 27.7 Å². The summed E-state index contributed by atoms with van der Waals surface area (Å²) in [4.78, 5) is 23.6. The first kappa shape index (κ1) is 35.4. The molecule has 2 heterocycles. The Kier molecular flexibility index (Phi) is 9.50. The lowest BCUT2D eigenvalue weighted by atomic mass is 9.86. The Hall–Kier alpha value is -7.61. The minimum Gasteiger partial charge on any atom is -0.233 e. The lowest BCUT2D eigenvalue weighted by Crippen LogP contribution is -2.00. The summed E-state index contributed by atoms with van der Waals surface area (Å²) in [6, 6.07) is 51.3. The van der Waals surface area contributed by atoms with E-state index in [0.717, 1.165) is 78.1 Å². The first-order valence-electron chi connectivity index (χ1n) is 18.3. The monoisotopic (exact) mass is 721 g/mol. The molecule has 0 aliphatic rings. The summed E-state index contributed by atoms with van der Waals surface area (Å²) in [7, 11) is 0. The summed E-state index contributed by atoms with van der Waals surface area (Å²) < 4.78 is 0. The molecule has 6 aromatic carbocycles. The first-order chi connectivity index (χ1) is 27.3. The molecule has 0 unspecified atom stereocenters. The van der Waals surface area contributed by atoms with Gasteiger partial charge in [-0.15, -0.1) is 0 Å². The molecule has 0 N–H and O–H groups in total. The summed E-state index contributed by atoms with van der Waals surface area (Å²) in [6.45, 7) is 7.74. The summed E-state index contributed by atoms with van der Waals surface area (Å²) in [5.74, 6) is 2.61. The number of nitrogens with zero attached hydrogens (tertiary/aromatic N) is 7. The average molecular weight is 722 g/mol. The SMILES string of the molecule is Cc1nc(C)nc(-c2cccc(-c3c(-c4cccc(C#N)c4)cccc3-c3cccc(-c4nc(C)nc(-c5cccc(-c6ccccc6C#N)c5)c4C)c3)c2)n1. The van der Waals surface area contributed by atoms with Gasteiger partial charge in [0.05, 0.1) is 34.7 Å². The summed E-state index contributed by atoms with van der Waals surface area (Å²) >= 11 is 0. The van der Waals surface area contributed by atoms with E-state index in [1.807, 2.05) is 93.6 Å². The van der Waals surface area contributed by atoms with Crippen molar-refractivity contribution in [3.05, 3.63) is 174 Å². The molecule has 8 rings (SSSR count). The Morgan fingerprint density at radius 3 is 1.48 bits per heavy atom. The highest BCUT2D eigenvalue weighted by Crippen LogP contribution is 2.42. The van der Waals surface area contributed by atoms with Crippen molar-refractivity contribution in [2.24, 2.45) is 0 Å². The topological polar surface area (TPSA) is 112 Å². The molecule has 0 amide bonds. The van der Waals surface area contributed by atoms with E-state index in [-0.39, 0.29) is 0 Å². The van der Waals surface area contributed by atoms with Gasteiger partial charge < -0.3 is 0 Å². The van der Waals surface area contributed by atoms with E-state index in [4.69, 9.17) is 9.97 Å². The number of hydrogen-bond acceptors (Lipinski definition) is 7. The molecule has 0 spiro atoms. The molecular weight excluding hydrogens is 687 g/mol. The van der Waals surface area contributed by atoms with Crippen molar-refractivity contribution in [2.75, 3.05) is 0 Å². The molecule has 0 fully saturated rings. The molecule has 7 nitrogen and oxygen atoms in total. The molecule has 266 valence electrons. The van der Waals surface area contributed by atoms with Crippen LogP contribution in [0.3, 0.4) is 0 Å². The highest BCUT2D eigenvalue weighted by Gasteiger charge is 2.19. The van der Waals surface area contributed by atoms with Gasteiger partial charge in [-0.1, -0.05) is 103 Å². The smallest absolute Gasteiger partial charge is 0.163 e. The average Bonchev–Trinajstić information content (AvgIpc) is 3.24. The third-order valence-electron chi connectivity index (χ3n) is 9.83. The number of rotatable bonds is 7. The molecule has 0 atom stereocenters. The van der Waals surface area contributed by atoms with Crippen LogP contribution < -0.4 is 0 Å². The van der Waals surface area contributed by atoms with Crippen LogP contribution in [0.5, 0.6) is 0 Å². The van der Waals surface area contributed by atoms with Gasteiger partial charge in [0, 0.05) is 22.3 Å². The van der Waals surface area contributed by atoms with Gasteiger partial charge in [0.15, 0.2) is 5.82 Å². The molecular formula is C49H35N7. The van der Waals surface area contributed by atoms with Crippen molar-refractivity contribution >= 4 is 0 Å². The van der Waals surface area contributed by atoms with Crippen LogP contribution in [-0.4, -0.2) is 24.9 Å². The van der Waals surface area contributed by atoms with E-state index in [2.05, 4.69) is 101 Å². The number of nitriles is 2. The van der Waals surface area contributed by atoms with E-state index >= 15 is 0 Å². The minimum atomic E-state index is 0.593. The van der Waals surface area contributed by atoms with Crippen LogP contribution in [0.25, 0.3) is 78.4 Å². The van der Waals surface area contributed by atoms with Gasteiger partial charge >= 0.3 is 0 Å². The maximum atomic E-state index is 9.80. The number of aryl methyl sites for hydroxylation is 3. The van der Waals surface area contributed by atoms with Crippen LogP contribution in [0.4, 0.5) is 0 Å². The van der Waals surface area contributed by atoms with Gasteiger partial charge in [0.25, 0.3) is 0 Å². The standard InChI is InChI=1S/C49H35N7/c1-30-47(39-18-8-15-36(25-39)43-21-6-5-13-42(43)29-51)53-33(4)54-48(30)40-19-9-16-37(26-40)45-23-11-22-44(35-14-7-12-34(24-35)28-50)46(45)38-17-10-20-41(27-38)49-55-31(2)52-32(3)56-49/h5-27H,1-4H3. The van der Waals surface area contributed by atoms with Crippen LogP contribution in [0.15, 0.2) is 140 Å². The lowest BCUT2D eigenvalue weighted by Gasteiger charge is -2.18. The number of aromatic nitrogens is 5. The zero-order valence-corrected chi connectivity index (χ0v) is 31.4. The third-order valence-corrected chi connectivity index (χ3v) is 9.83. The second kappa shape index (κ2) is 15.0. The van der Waals surface area contributed by atoms with Gasteiger partial charge in [-0.25, -0.2) is 24.9 Å². The molecule has 0 bridgehead atoms. The predicted octanol–water partition coefficient (Wildman–Crippen LogP) is 11.3. The second-order valence-corrected chi connectivity index (χ2v) is 13.7. The van der Waals surface area contributed by atoms with Gasteiger partial charge in [0.1, 0.15) is 17.5 Å². The molecule has 0 aliphatic carbocycles. The molecule has 0 saturated heterocycles. The van der Waals surface area contributed by atoms with Crippen LogP contribution in [0, 0.1) is 50.4 Å². The quantitative estimate of drug-likeness (QED) is 0.161. The van der Waals surface area contributed by atoms with E-state index < -0.39 is 0 Å². The molecule has 0 radical (unpaired) electrons. The van der Waals surface area contributed by atoms with Gasteiger partial charge in [-0.05, 0) is 109 Å². The maximum Gasteiger partial charge on any atom is 0.163 e. The van der Waals surface area contributed by atoms with E-state index in [1.165, 1.54) is 0 Å². The Labute approximate surface area is 326 Å². The highest BCUT2D eigenvalue weighted by atomic mass is 15.0. The van der Waals surface area contributed by atoms with Crippen LogP contribution >= 0.6 is 0 Å². The van der Waals surface area contributed by atoms with Crippen molar-refractivity contribution in [1.82, 2.24) is 24.9 Å². The molecule has 7 heteroatoms. The minimum absolute atomic E-state index is 0.593. The van der Waals surface area contributed by atoms with Crippen molar-refractivity contribution in [3.63, 3.8) is 0 Å². The number of hydrogen-bond donors (Lipinski definition) is 0. The Morgan fingerprint density at radius 2 is 0.857 bits per heavy atom. The van der Waals surface area contributed by atoms with E-state index in [9.17, 15) is 10.5 Å². The first-order valence-corrected chi connectivity index (χ1v) is 18.3. The number of benzene rings is 6. The fraction of sp³-hybridized carbons (Fsp3) is 0.0816. The fourth-order valence-corrected chi connectivity index (χ4v) is 7.35. The van der Waals surface area contributed by atoms with E-state index in [1.54, 1.807) is 0 Å². The molecule has 0 aliphatic heterocycles. The summed E-state index contributed by atoms with van der Waals surface area (Å²) in [5.41, 5.74) is 14.5. The van der Waals surface area contributed by atoms with Crippen molar-refractivity contribution in [3.8, 4) is 90.5 Å². The zero-order chi connectivity index (χ0) is 38.8. The Bertz CT molecular complexity index is 2880. The highest BCUT2D eigenvalue weighted by molar-refractivity contribution is 5.96. The third kappa shape index (κ3) is 6.94. The molecule has 56 heavy (non-hydrogen) atoms. The second-order valence-electron chi connectivity index (χ2n) is 13.7. The van der Waals surface area contributed by atoms with Crippen LogP contribution in [0.1, 0.15) is 34.2 Å². The molecule has 0 saturated carbocycles. The summed E-state index contributed by atoms with van der Waals surface area (Å²) in [6.07, 6.45) is 0. The normalized spacial score (nSPS) is 10.8. The Morgan fingerprint density at radius 1 is 0.393 bits per heavy atom. The molecule has 8 aromatic rings. The van der Waals surface area contributed by atoms with Crippen LogP contribution in [-0.2, 0) is 0 Å². The Balaban J connectivity index is 1.28.